The highest BCUT2D eigenvalue weighted by atomic mass is 16.3. The van der Waals surface area contributed by atoms with Crippen molar-refractivity contribution in [2.24, 2.45) is 0 Å². The van der Waals surface area contributed by atoms with Gasteiger partial charge in [0.15, 0.2) is 0 Å². The van der Waals surface area contributed by atoms with Crippen molar-refractivity contribution in [3.8, 4) is 0 Å². The van der Waals surface area contributed by atoms with E-state index in [1.807, 2.05) is 0 Å². The number of hydrogen-bond donors (Lipinski definition) is 8. The van der Waals surface area contributed by atoms with Crippen LogP contribution >= 0.6 is 0 Å². The zero-order chi connectivity index (χ0) is 20.4. The third kappa shape index (κ3) is 6.82. The van der Waals surface area contributed by atoms with Gasteiger partial charge in [-0.25, -0.2) is 0 Å². The van der Waals surface area contributed by atoms with E-state index in [1.54, 1.807) is 0 Å². The molecule has 1 radical (unpaired) electrons. The highest BCUT2D eigenvalue weighted by Crippen LogP contribution is 2.04. The van der Waals surface area contributed by atoms with Crippen LogP contribution < -0.4 is 10.6 Å². The third-order valence-corrected chi connectivity index (χ3v) is 3.65. The summed E-state index contributed by atoms with van der Waals surface area (Å²) in [7, 11) is 0. The number of carbonyl (C=O) groups excluding carboxylic acids is 3. The molecule has 0 aliphatic carbocycles. The second kappa shape index (κ2) is 11.0. The minimum atomic E-state index is -1.70. The molecule has 0 aromatic rings. The Balaban J connectivity index is 4.97. The minimum absolute atomic E-state index is 0.679. The van der Waals surface area contributed by atoms with Gasteiger partial charge < -0.3 is 46.2 Å². The molecule has 0 heterocycles. The maximum atomic E-state index is 12.0. The van der Waals surface area contributed by atoms with Gasteiger partial charge in [-0.2, -0.15) is 0 Å². The van der Waals surface area contributed by atoms with Crippen molar-refractivity contribution in [1.82, 2.24) is 15.5 Å². The summed E-state index contributed by atoms with van der Waals surface area (Å²) >= 11 is 0. The average molecular weight is 380 g/mol. The lowest BCUT2D eigenvalue weighted by Gasteiger charge is -2.31. The van der Waals surface area contributed by atoms with Crippen LogP contribution in [0.15, 0.2) is 0 Å². The van der Waals surface area contributed by atoms with Gasteiger partial charge in [-0.05, 0) is 0 Å². The van der Waals surface area contributed by atoms with Crippen molar-refractivity contribution in [3.05, 3.63) is 6.92 Å². The van der Waals surface area contributed by atoms with Crippen LogP contribution in [0.4, 0.5) is 0 Å². The van der Waals surface area contributed by atoms with Crippen LogP contribution in [0.1, 0.15) is 0 Å². The molecule has 0 aromatic heterocycles. The Morgan fingerprint density at radius 2 is 0.962 bits per heavy atom. The second-order valence-electron chi connectivity index (χ2n) is 5.86. The largest absolute Gasteiger partial charge is 0.394 e. The second-order valence-corrected chi connectivity index (χ2v) is 5.86. The van der Waals surface area contributed by atoms with E-state index < -0.39 is 81.5 Å². The molecule has 0 unspecified atom stereocenters. The fraction of sp³-hybridized carbons (Fsp3) is 0.714. The van der Waals surface area contributed by atoms with Crippen LogP contribution in [-0.4, -0.2) is 117 Å². The van der Waals surface area contributed by atoms with Crippen molar-refractivity contribution in [2.45, 2.75) is 11.1 Å². The first-order valence-corrected chi connectivity index (χ1v) is 7.55. The van der Waals surface area contributed by atoms with Crippen LogP contribution in [0, 0.1) is 6.92 Å². The van der Waals surface area contributed by atoms with Crippen molar-refractivity contribution >= 4 is 17.7 Å². The van der Waals surface area contributed by atoms with E-state index >= 15 is 0 Å². The fourth-order valence-electron chi connectivity index (χ4n) is 1.79. The summed E-state index contributed by atoms with van der Waals surface area (Å²) in [5, 5.41) is 59.3. The molecule has 0 aliphatic rings. The van der Waals surface area contributed by atoms with Gasteiger partial charge in [0.2, 0.25) is 17.7 Å². The quantitative estimate of drug-likeness (QED) is 0.162. The number of amides is 3. The third-order valence-electron chi connectivity index (χ3n) is 3.65. The van der Waals surface area contributed by atoms with Crippen molar-refractivity contribution in [2.75, 3.05) is 52.7 Å². The van der Waals surface area contributed by atoms with Gasteiger partial charge in [0, 0.05) is 6.92 Å². The number of carbonyl (C=O) groups is 3. The van der Waals surface area contributed by atoms with Crippen LogP contribution in [0.5, 0.6) is 0 Å². The number of aliphatic hydroxyl groups excluding tert-OH is 6. The molecule has 0 aliphatic heterocycles. The molecular formula is C14H26N3O9. The summed E-state index contributed by atoms with van der Waals surface area (Å²) < 4.78 is 0. The molecule has 0 bridgehead atoms. The van der Waals surface area contributed by atoms with Crippen LogP contribution in [0.2, 0.25) is 0 Å². The molecule has 12 heteroatoms. The lowest BCUT2D eigenvalue weighted by molar-refractivity contribution is -0.138. The Morgan fingerprint density at radius 3 is 1.15 bits per heavy atom. The van der Waals surface area contributed by atoms with Gasteiger partial charge >= 0.3 is 0 Å². The van der Waals surface area contributed by atoms with E-state index in [-0.39, 0.29) is 0 Å². The van der Waals surface area contributed by atoms with Crippen molar-refractivity contribution < 1.29 is 45.0 Å². The number of rotatable bonds is 12. The smallest absolute Gasteiger partial charge is 0.240 e. The summed E-state index contributed by atoms with van der Waals surface area (Å²) in [6, 6.07) is 0. The summed E-state index contributed by atoms with van der Waals surface area (Å²) in [6.07, 6.45) is 0. The molecule has 26 heavy (non-hydrogen) atoms. The Kier molecular flexibility index (Phi) is 10.2. The fourth-order valence-corrected chi connectivity index (χ4v) is 1.79. The molecular weight excluding hydrogens is 354 g/mol. The van der Waals surface area contributed by atoms with Crippen molar-refractivity contribution in [1.29, 1.82) is 0 Å². The summed E-state index contributed by atoms with van der Waals surface area (Å²) in [6.45, 7) is -2.87. The minimum Gasteiger partial charge on any atom is -0.394 e. The van der Waals surface area contributed by atoms with E-state index in [4.69, 9.17) is 30.6 Å². The summed E-state index contributed by atoms with van der Waals surface area (Å²) in [5.41, 5.74) is -3.40. The Labute approximate surface area is 150 Å². The molecule has 151 valence electrons. The molecule has 0 saturated carbocycles. The van der Waals surface area contributed by atoms with E-state index in [0.29, 0.717) is 4.90 Å². The zero-order valence-corrected chi connectivity index (χ0v) is 14.2. The van der Waals surface area contributed by atoms with Gasteiger partial charge in [0.05, 0.1) is 39.6 Å². The topological polar surface area (TPSA) is 200 Å². The van der Waals surface area contributed by atoms with Gasteiger partial charge in [-0.3, -0.25) is 14.4 Å². The van der Waals surface area contributed by atoms with E-state index in [9.17, 15) is 14.4 Å². The molecule has 0 spiro atoms. The standard InChI is InChI=1S/C14H26N3O9/c1-10(24)17(2-11(25)15-13(4-18,5-19)6-20)3-12(26)16-14(7-21,8-22)9-23/h18-23H,1-9H2,(H,15,25)(H,16,26). The summed E-state index contributed by atoms with van der Waals surface area (Å²) in [5.74, 6) is -2.67. The Morgan fingerprint density at radius 1 is 0.692 bits per heavy atom. The van der Waals surface area contributed by atoms with Gasteiger partial charge in [0.1, 0.15) is 24.2 Å². The van der Waals surface area contributed by atoms with E-state index in [0.717, 1.165) is 0 Å². The highest BCUT2D eigenvalue weighted by molar-refractivity contribution is 5.91. The number of hydrogen-bond acceptors (Lipinski definition) is 9. The predicted octanol–water partition coefficient (Wildman–Crippen LogP) is -5.69. The molecule has 12 nitrogen and oxygen atoms in total. The predicted molar refractivity (Wildman–Crippen MR) is 86.2 cm³/mol. The molecule has 0 rings (SSSR count). The van der Waals surface area contributed by atoms with E-state index in [2.05, 4.69) is 17.6 Å². The Bertz CT molecular complexity index is 426. The maximum Gasteiger partial charge on any atom is 0.240 e. The zero-order valence-electron chi connectivity index (χ0n) is 14.2. The lowest BCUT2D eigenvalue weighted by atomic mass is 10.0. The normalized spacial score (nSPS) is 11.8. The molecule has 0 fully saturated rings. The number of nitrogens with one attached hydrogen (secondary N) is 2. The van der Waals surface area contributed by atoms with Crippen LogP contribution in [0.25, 0.3) is 0 Å². The highest BCUT2D eigenvalue weighted by Gasteiger charge is 2.33. The maximum absolute atomic E-state index is 12.0. The lowest BCUT2D eigenvalue weighted by Crippen LogP contribution is -2.60. The van der Waals surface area contributed by atoms with Crippen LogP contribution in [-0.2, 0) is 14.4 Å². The monoisotopic (exact) mass is 380 g/mol. The van der Waals surface area contributed by atoms with Gasteiger partial charge in [-0.15, -0.1) is 0 Å². The van der Waals surface area contributed by atoms with Crippen molar-refractivity contribution in [3.63, 3.8) is 0 Å². The number of aliphatic hydroxyl groups is 6. The van der Waals surface area contributed by atoms with Crippen LogP contribution in [0.3, 0.4) is 0 Å². The SMILES string of the molecule is [CH2]C(=O)N(CC(=O)NC(CO)(CO)CO)CC(=O)NC(CO)(CO)CO. The first-order valence-electron chi connectivity index (χ1n) is 7.55. The molecule has 3 amide bonds. The Hall–Kier alpha value is -1.83. The first kappa shape index (κ1) is 24.2. The van der Waals surface area contributed by atoms with Gasteiger partial charge in [-0.1, -0.05) is 0 Å². The molecule has 8 N–H and O–H groups in total. The molecule has 0 aromatic carbocycles. The van der Waals surface area contributed by atoms with E-state index in [1.165, 1.54) is 0 Å². The van der Waals surface area contributed by atoms with Gasteiger partial charge in [0.25, 0.3) is 0 Å². The first-order chi connectivity index (χ1) is 12.2. The average Bonchev–Trinajstić information content (AvgIpc) is 2.63. The molecule has 0 atom stereocenters. The summed E-state index contributed by atoms with van der Waals surface area (Å²) in [4.78, 5) is 36.2. The number of nitrogens with zero attached hydrogens (tertiary/aromatic N) is 1. The molecule has 0 saturated heterocycles.